The van der Waals surface area contributed by atoms with Crippen LogP contribution in [0.1, 0.15) is 53.4 Å². The molecule has 1 heteroatoms. The van der Waals surface area contributed by atoms with E-state index in [0.29, 0.717) is 10.2 Å². The topological polar surface area (TPSA) is 0 Å². The lowest BCUT2D eigenvalue weighted by Gasteiger charge is -2.57. The monoisotopic (exact) mass is 300 g/mol. The van der Waals surface area contributed by atoms with E-state index in [4.69, 9.17) is 0 Å². The summed E-state index contributed by atoms with van der Waals surface area (Å²) in [6, 6.07) is 11.0. The maximum absolute atomic E-state index is 2.54. The number of hydrogen-bond acceptors (Lipinski definition) is 1. The van der Waals surface area contributed by atoms with Gasteiger partial charge in [-0.3, -0.25) is 0 Å². The van der Waals surface area contributed by atoms with Crippen molar-refractivity contribution in [1.82, 2.24) is 0 Å². The molecule has 114 valence electrons. The van der Waals surface area contributed by atoms with E-state index in [1.54, 1.807) is 5.57 Å². The van der Waals surface area contributed by atoms with Crippen LogP contribution >= 0.6 is 11.8 Å². The average molecular weight is 301 g/mol. The SMILES string of the molecule is CC1=CCC[C@@H]2[C@@](C)(Sc3ccccc3)[C@H](C)CC[C@@]12C. The normalized spacial score (nSPS) is 39.5. The molecule has 1 aromatic rings. The number of hydrogen-bond donors (Lipinski definition) is 0. The van der Waals surface area contributed by atoms with Gasteiger partial charge in [0, 0.05) is 9.64 Å². The quantitative estimate of drug-likeness (QED) is 0.575. The number of allylic oxidation sites excluding steroid dienone is 2. The van der Waals surface area contributed by atoms with Gasteiger partial charge in [-0.15, -0.1) is 11.8 Å². The van der Waals surface area contributed by atoms with Crippen LogP contribution in [-0.4, -0.2) is 4.75 Å². The molecule has 1 fully saturated rings. The van der Waals surface area contributed by atoms with Crippen LogP contribution in [0.2, 0.25) is 0 Å². The molecule has 21 heavy (non-hydrogen) atoms. The molecule has 0 nitrogen and oxygen atoms in total. The maximum atomic E-state index is 2.54. The molecule has 0 unspecified atom stereocenters. The molecule has 2 aliphatic rings. The molecule has 0 heterocycles. The zero-order valence-corrected chi connectivity index (χ0v) is 14.7. The zero-order valence-electron chi connectivity index (χ0n) is 13.9. The van der Waals surface area contributed by atoms with E-state index in [0.717, 1.165) is 11.8 Å². The summed E-state index contributed by atoms with van der Waals surface area (Å²) >= 11 is 2.13. The van der Waals surface area contributed by atoms with Gasteiger partial charge in [0.05, 0.1) is 0 Å². The fourth-order valence-electron chi connectivity index (χ4n) is 4.64. The number of thioether (sulfide) groups is 1. The molecule has 0 aliphatic heterocycles. The summed E-state index contributed by atoms with van der Waals surface area (Å²) in [6.45, 7) is 9.91. The predicted octanol–water partition coefficient (Wildman–Crippen LogP) is 6.33. The number of rotatable bonds is 2. The van der Waals surface area contributed by atoms with Gasteiger partial charge in [0.15, 0.2) is 0 Å². The molecule has 0 radical (unpaired) electrons. The Balaban J connectivity index is 1.96. The number of fused-ring (bicyclic) bond motifs is 1. The van der Waals surface area contributed by atoms with Crippen LogP contribution in [0, 0.1) is 17.3 Å². The lowest BCUT2D eigenvalue weighted by atomic mass is 9.54. The third-order valence-corrected chi connectivity index (χ3v) is 8.06. The molecule has 1 saturated carbocycles. The van der Waals surface area contributed by atoms with Gasteiger partial charge >= 0.3 is 0 Å². The van der Waals surface area contributed by atoms with Gasteiger partial charge < -0.3 is 0 Å². The number of benzene rings is 1. The Kier molecular flexibility index (Phi) is 3.98. The Morgan fingerprint density at radius 1 is 1.10 bits per heavy atom. The standard InChI is InChI=1S/C20H28S/c1-15-9-8-12-18-19(15,3)14-13-16(2)20(18,4)21-17-10-6-5-7-11-17/h5-7,9-11,16,18H,8,12-14H2,1-4H3/t16-,18+,19+,20+/m1/s1. The molecule has 0 spiro atoms. The van der Waals surface area contributed by atoms with Crippen molar-refractivity contribution in [3.63, 3.8) is 0 Å². The van der Waals surface area contributed by atoms with Gasteiger partial charge in [-0.05, 0) is 68.9 Å². The summed E-state index contributed by atoms with van der Waals surface area (Å²) in [6.07, 6.45) is 7.85. The third kappa shape index (κ3) is 2.48. The molecule has 0 bridgehead atoms. The molecule has 0 saturated heterocycles. The lowest BCUT2D eigenvalue weighted by Crippen LogP contribution is -2.52. The van der Waals surface area contributed by atoms with Gasteiger partial charge in [0.1, 0.15) is 0 Å². The fourth-order valence-corrected chi connectivity index (χ4v) is 6.28. The van der Waals surface area contributed by atoms with E-state index in [-0.39, 0.29) is 0 Å². The van der Waals surface area contributed by atoms with Gasteiger partial charge in [-0.25, -0.2) is 0 Å². The maximum Gasteiger partial charge on any atom is 0.0241 e. The minimum atomic E-state index is 0.351. The first-order valence-corrected chi connectivity index (χ1v) is 9.20. The molecule has 0 N–H and O–H groups in total. The highest BCUT2D eigenvalue weighted by Crippen LogP contribution is 2.61. The molecule has 0 aromatic heterocycles. The Hall–Kier alpha value is -0.690. The van der Waals surface area contributed by atoms with Crippen molar-refractivity contribution >= 4 is 11.8 Å². The molecular weight excluding hydrogens is 272 g/mol. The van der Waals surface area contributed by atoms with E-state index >= 15 is 0 Å². The summed E-state index contributed by atoms with van der Waals surface area (Å²) in [5, 5.41) is 0. The predicted molar refractivity (Wildman–Crippen MR) is 93.7 cm³/mol. The molecule has 3 rings (SSSR count). The Bertz CT molecular complexity index is 532. The van der Waals surface area contributed by atoms with Crippen LogP contribution in [0.3, 0.4) is 0 Å². The highest BCUT2D eigenvalue weighted by molar-refractivity contribution is 8.00. The first-order chi connectivity index (χ1) is 9.97. The highest BCUT2D eigenvalue weighted by atomic mass is 32.2. The molecule has 1 aromatic carbocycles. The summed E-state index contributed by atoms with van der Waals surface area (Å²) in [5.74, 6) is 1.58. The van der Waals surface area contributed by atoms with Crippen LogP contribution in [0.4, 0.5) is 0 Å². The van der Waals surface area contributed by atoms with Crippen LogP contribution in [-0.2, 0) is 0 Å². The van der Waals surface area contributed by atoms with Gasteiger partial charge in [-0.2, -0.15) is 0 Å². The molecule has 4 atom stereocenters. The van der Waals surface area contributed by atoms with Crippen LogP contribution < -0.4 is 0 Å². The fraction of sp³-hybridized carbons (Fsp3) is 0.600. The Labute approximate surface area is 134 Å². The minimum Gasteiger partial charge on any atom is -0.119 e. The van der Waals surface area contributed by atoms with Gasteiger partial charge in [0.25, 0.3) is 0 Å². The van der Waals surface area contributed by atoms with E-state index in [1.807, 2.05) is 0 Å². The first kappa shape index (κ1) is 15.2. The lowest BCUT2D eigenvalue weighted by molar-refractivity contribution is 0.0682. The second kappa shape index (κ2) is 5.50. The van der Waals surface area contributed by atoms with Crippen molar-refractivity contribution < 1.29 is 0 Å². The smallest absolute Gasteiger partial charge is 0.0241 e. The van der Waals surface area contributed by atoms with Crippen molar-refractivity contribution in [3.05, 3.63) is 42.0 Å². The van der Waals surface area contributed by atoms with E-state index in [2.05, 4.69) is 75.9 Å². The zero-order chi connectivity index (χ0) is 15.1. The van der Waals surface area contributed by atoms with Crippen LogP contribution in [0.5, 0.6) is 0 Å². The first-order valence-electron chi connectivity index (χ1n) is 8.38. The summed E-state index contributed by atoms with van der Waals surface area (Å²) in [4.78, 5) is 1.43. The van der Waals surface area contributed by atoms with Crippen molar-refractivity contribution in [1.29, 1.82) is 0 Å². The van der Waals surface area contributed by atoms with Crippen molar-refractivity contribution in [2.75, 3.05) is 0 Å². The summed E-state index contributed by atoms with van der Waals surface area (Å²) in [7, 11) is 0. The summed E-state index contributed by atoms with van der Waals surface area (Å²) < 4.78 is 0.351. The second-order valence-electron chi connectivity index (χ2n) is 7.47. The largest absolute Gasteiger partial charge is 0.119 e. The van der Waals surface area contributed by atoms with Crippen LogP contribution in [0.15, 0.2) is 46.9 Å². The van der Waals surface area contributed by atoms with Gasteiger partial charge in [-0.1, -0.05) is 43.7 Å². The molecule has 0 amide bonds. The second-order valence-corrected chi connectivity index (χ2v) is 9.03. The molecule has 2 aliphatic carbocycles. The van der Waals surface area contributed by atoms with E-state index in [9.17, 15) is 0 Å². The average Bonchev–Trinajstić information content (AvgIpc) is 2.47. The summed E-state index contributed by atoms with van der Waals surface area (Å²) in [5.41, 5.74) is 2.06. The minimum absolute atomic E-state index is 0.351. The Morgan fingerprint density at radius 3 is 2.52 bits per heavy atom. The van der Waals surface area contributed by atoms with Crippen molar-refractivity contribution in [2.45, 2.75) is 63.0 Å². The third-order valence-electron chi connectivity index (χ3n) is 6.42. The van der Waals surface area contributed by atoms with Crippen LogP contribution in [0.25, 0.3) is 0 Å². The highest BCUT2D eigenvalue weighted by Gasteiger charge is 2.53. The van der Waals surface area contributed by atoms with Crippen molar-refractivity contribution in [2.24, 2.45) is 17.3 Å². The van der Waals surface area contributed by atoms with E-state index < -0.39 is 0 Å². The van der Waals surface area contributed by atoms with Gasteiger partial charge in [0.2, 0.25) is 0 Å². The van der Waals surface area contributed by atoms with E-state index in [1.165, 1.54) is 30.6 Å². The van der Waals surface area contributed by atoms with Crippen molar-refractivity contribution in [3.8, 4) is 0 Å². The Morgan fingerprint density at radius 2 is 1.81 bits per heavy atom. The molecular formula is C20H28S.